The van der Waals surface area contributed by atoms with E-state index in [0.717, 1.165) is 5.69 Å². The van der Waals surface area contributed by atoms with E-state index in [4.69, 9.17) is 11.6 Å². The van der Waals surface area contributed by atoms with Crippen molar-refractivity contribution in [1.29, 1.82) is 0 Å². The molecule has 140 valence electrons. The van der Waals surface area contributed by atoms with Gasteiger partial charge in [-0.3, -0.25) is 9.88 Å². The lowest BCUT2D eigenvalue weighted by Gasteiger charge is -2.38. The highest BCUT2D eigenvalue weighted by molar-refractivity contribution is 6.31. The maximum atomic E-state index is 12.4. The van der Waals surface area contributed by atoms with Crippen molar-refractivity contribution in [2.45, 2.75) is 31.3 Å². The van der Waals surface area contributed by atoms with Gasteiger partial charge >= 0.3 is 6.36 Å². The predicted octanol–water partition coefficient (Wildman–Crippen LogP) is 4.12. The van der Waals surface area contributed by atoms with E-state index < -0.39 is 12.0 Å². The van der Waals surface area contributed by atoms with Gasteiger partial charge in [-0.2, -0.15) is 0 Å². The Hall–Kier alpha value is -1.83. The Labute approximate surface area is 154 Å². The molecule has 1 N–H and O–H groups in total. The quantitative estimate of drug-likeness (QED) is 0.858. The van der Waals surface area contributed by atoms with E-state index in [2.05, 4.69) is 14.6 Å². The van der Waals surface area contributed by atoms with Crippen LogP contribution in [0.2, 0.25) is 5.02 Å². The number of aromatic nitrogens is 1. The first kappa shape index (κ1) is 18.9. The summed E-state index contributed by atoms with van der Waals surface area (Å²) in [7, 11) is 0. The fourth-order valence-electron chi connectivity index (χ4n) is 3.10. The van der Waals surface area contributed by atoms with Gasteiger partial charge in [0, 0.05) is 25.8 Å². The summed E-state index contributed by atoms with van der Waals surface area (Å²) in [5.74, 6) is -0.328. The number of halogens is 4. The molecule has 1 saturated heterocycles. The number of nitrogens with zero attached hydrogens (tertiary/aromatic N) is 2. The van der Waals surface area contributed by atoms with Crippen molar-refractivity contribution < 1.29 is 23.0 Å². The summed E-state index contributed by atoms with van der Waals surface area (Å²) in [6, 6.07) is 9.08. The molecule has 1 aromatic carbocycles. The number of likely N-dealkylation sites (tertiary alicyclic amines) is 1. The molecule has 0 unspecified atom stereocenters. The van der Waals surface area contributed by atoms with Crippen LogP contribution in [0.1, 0.15) is 24.1 Å². The number of hydrogen-bond acceptors (Lipinski definition) is 4. The normalized spacial score (nSPS) is 17.9. The molecule has 0 atom stereocenters. The van der Waals surface area contributed by atoms with Crippen LogP contribution in [-0.4, -0.2) is 34.4 Å². The molecule has 0 bridgehead atoms. The highest BCUT2D eigenvalue weighted by Crippen LogP contribution is 2.35. The van der Waals surface area contributed by atoms with E-state index in [-0.39, 0.29) is 5.75 Å². The van der Waals surface area contributed by atoms with Crippen LogP contribution in [0.4, 0.5) is 13.2 Å². The monoisotopic (exact) mass is 386 g/mol. The third kappa shape index (κ3) is 4.66. The number of rotatable bonds is 4. The van der Waals surface area contributed by atoms with Gasteiger partial charge in [0.1, 0.15) is 5.75 Å². The molecule has 8 heteroatoms. The molecule has 0 amide bonds. The van der Waals surface area contributed by atoms with Crippen molar-refractivity contribution in [3.8, 4) is 5.75 Å². The van der Waals surface area contributed by atoms with E-state index in [1.54, 1.807) is 24.4 Å². The van der Waals surface area contributed by atoms with Crippen LogP contribution in [0.25, 0.3) is 0 Å². The van der Waals surface area contributed by atoms with Crippen LogP contribution in [0.3, 0.4) is 0 Å². The summed E-state index contributed by atoms with van der Waals surface area (Å²) >= 11 is 6.12. The van der Waals surface area contributed by atoms with Gasteiger partial charge in [-0.1, -0.05) is 23.7 Å². The zero-order valence-corrected chi connectivity index (χ0v) is 14.6. The third-order valence-electron chi connectivity index (χ3n) is 4.50. The Balaban J connectivity index is 1.66. The van der Waals surface area contributed by atoms with Gasteiger partial charge in [-0.25, -0.2) is 0 Å². The minimum atomic E-state index is -4.76. The molecule has 26 heavy (non-hydrogen) atoms. The number of hydrogen-bond donors (Lipinski definition) is 1. The topological polar surface area (TPSA) is 45.6 Å². The van der Waals surface area contributed by atoms with Crippen molar-refractivity contribution in [2.75, 3.05) is 13.1 Å². The molecule has 0 aliphatic carbocycles. The lowest BCUT2D eigenvalue weighted by Crippen LogP contribution is -2.42. The molecule has 0 spiro atoms. The summed E-state index contributed by atoms with van der Waals surface area (Å²) in [6.07, 6.45) is -2.29. The second-order valence-electron chi connectivity index (χ2n) is 6.32. The first-order valence-electron chi connectivity index (χ1n) is 8.16. The van der Waals surface area contributed by atoms with Crippen molar-refractivity contribution in [3.63, 3.8) is 0 Å². The SMILES string of the molecule is OC1(c2cccc(OC(F)(F)F)c2)CCN(Cc2ncccc2Cl)CC1. The van der Waals surface area contributed by atoms with Gasteiger partial charge in [0.05, 0.1) is 16.3 Å². The van der Waals surface area contributed by atoms with E-state index in [0.29, 0.717) is 43.1 Å². The minimum Gasteiger partial charge on any atom is -0.406 e. The molecule has 1 aliphatic rings. The van der Waals surface area contributed by atoms with Crippen LogP contribution in [0.5, 0.6) is 5.75 Å². The number of piperidine rings is 1. The number of aliphatic hydroxyl groups is 1. The smallest absolute Gasteiger partial charge is 0.406 e. The van der Waals surface area contributed by atoms with E-state index in [1.165, 1.54) is 18.2 Å². The summed E-state index contributed by atoms with van der Waals surface area (Å²) in [6.45, 7) is 1.72. The molecule has 0 radical (unpaired) electrons. The summed E-state index contributed by atoms with van der Waals surface area (Å²) in [4.78, 5) is 6.36. The van der Waals surface area contributed by atoms with Gasteiger partial charge in [-0.15, -0.1) is 13.2 Å². The summed E-state index contributed by atoms with van der Waals surface area (Å²) < 4.78 is 41.1. The third-order valence-corrected chi connectivity index (χ3v) is 4.84. The van der Waals surface area contributed by atoms with Gasteiger partial charge in [0.15, 0.2) is 0 Å². The van der Waals surface area contributed by atoms with Gasteiger partial charge in [0.25, 0.3) is 0 Å². The highest BCUT2D eigenvalue weighted by Gasteiger charge is 2.36. The molecular formula is C18H18ClF3N2O2. The molecule has 2 aromatic rings. The fraction of sp³-hybridized carbons (Fsp3) is 0.389. The van der Waals surface area contributed by atoms with Crippen molar-refractivity contribution in [2.24, 2.45) is 0 Å². The zero-order chi connectivity index (χ0) is 18.8. The first-order valence-corrected chi connectivity index (χ1v) is 8.53. The zero-order valence-electron chi connectivity index (χ0n) is 13.8. The van der Waals surface area contributed by atoms with Crippen molar-refractivity contribution in [3.05, 3.63) is 58.9 Å². The van der Waals surface area contributed by atoms with Crippen molar-refractivity contribution >= 4 is 11.6 Å². The maximum Gasteiger partial charge on any atom is 0.573 e. The summed E-state index contributed by atoms with van der Waals surface area (Å²) in [5, 5.41) is 11.5. The van der Waals surface area contributed by atoms with Crippen LogP contribution >= 0.6 is 11.6 Å². The molecular weight excluding hydrogens is 369 g/mol. The molecule has 1 aromatic heterocycles. The van der Waals surface area contributed by atoms with Crippen molar-refractivity contribution in [1.82, 2.24) is 9.88 Å². The Morgan fingerprint density at radius 1 is 1.19 bits per heavy atom. The average Bonchev–Trinajstić information content (AvgIpc) is 2.58. The Morgan fingerprint density at radius 3 is 2.58 bits per heavy atom. The summed E-state index contributed by atoms with van der Waals surface area (Å²) in [5.41, 5.74) is 0.00463. The lowest BCUT2D eigenvalue weighted by atomic mass is 9.84. The molecule has 2 heterocycles. The number of ether oxygens (including phenoxy) is 1. The first-order chi connectivity index (χ1) is 12.3. The Bertz CT molecular complexity index is 762. The molecule has 1 aliphatic heterocycles. The van der Waals surface area contributed by atoms with Crippen LogP contribution in [0.15, 0.2) is 42.6 Å². The number of alkyl halides is 3. The van der Waals surface area contributed by atoms with E-state index in [1.807, 2.05) is 0 Å². The lowest BCUT2D eigenvalue weighted by molar-refractivity contribution is -0.274. The van der Waals surface area contributed by atoms with Crippen LogP contribution in [-0.2, 0) is 12.1 Å². The predicted molar refractivity (Wildman–Crippen MR) is 90.8 cm³/mol. The van der Waals surface area contributed by atoms with Gasteiger partial charge < -0.3 is 9.84 Å². The minimum absolute atomic E-state index is 0.328. The standard InChI is InChI=1S/C18H18ClF3N2O2/c19-15-5-2-8-23-16(15)12-24-9-6-17(25,7-10-24)13-3-1-4-14(11-13)26-18(20,21)22/h1-5,8,11,25H,6-7,9-10,12H2. The average molecular weight is 387 g/mol. The van der Waals surface area contributed by atoms with Gasteiger partial charge in [-0.05, 0) is 42.7 Å². The van der Waals surface area contributed by atoms with Crippen LogP contribution < -0.4 is 4.74 Å². The largest absolute Gasteiger partial charge is 0.573 e. The second-order valence-corrected chi connectivity index (χ2v) is 6.72. The highest BCUT2D eigenvalue weighted by atomic mass is 35.5. The Morgan fingerprint density at radius 2 is 1.92 bits per heavy atom. The number of benzene rings is 1. The molecule has 1 fully saturated rings. The Kier molecular flexibility index (Phi) is 5.41. The molecule has 0 saturated carbocycles. The maximum absolute atomic E-state index is 12.4. The molecule has 4 nitrogen and oxygen atoms in total. The second kappa shape index (κ2) is 7.42. The fourth-order valence-corrected chi connectivity index (χ4v) is 3.28. The molecule has 3 rings (SSSR count). The van der Waals surface area contributed by atoms with E-state index >= 15 is 0 Å². The van der Waals surface area contributed by atoms with Crippen LogP contribution in [0, 0.1) is 0 Å². The van der Waals surface area contributed by atoms with Gasteiger partial charge in [0.2, 0.25) is 0 Å². The van der Waals surface area contributed by atoms with E-state index in [9.17, 15) is 18.3 Å². The number of pyridine rings is 1.